The molecule has 0 bridgehead atoms. The average Bonchev–Trinajstić information content (AvgIpc) is 2.00. The highest BCUT2D eigenvalue weighted by Crippen LogP contribution is 2.27. The van der Waals surface area contributed by atoms with Crippen molar-refractivity contribution in [1.29, 1.82) is 0 Å². The van der Waals surface area contributed by atoms with Gasteiger partial charge >= 0.3 is 0 Å². The molecule has 0 fully saturated rings. The summed E-state index contributed by atoms with van der Waals surface area (Å²) < 4.78 is 58.7. The van der Waals surface area contributed by atoms with Gasteiger partial charge in [-0.25, -0.2) is 26.6 Å². The maximum atomic E-state index is 12.8. The second-order valence-electron chi connectivity index (χ2n) is 2.49. The van der Waals surface area contributed by atoms with Gasteiger partial charge in [0.15, 0.2) is 10.8 Å². The van der Waals surface area contributed by atoms with Crippen molar-refractivity contribution >= 4 is 25.4 Å². The summed E-state index contributed by atoms with van der Waals surface area (Å²) in [6.07, 6.45) is -3.25. The number of hydrogen-bond donors (Lipinski definition) is 1. The van der Waals surface area contributed by atoms with Gasteiger partial charge in [-0.2, -0.15) is 0 Å². The van der Waals surface area contributed by atoms with Gasteiger partial charge in [-0.15, -0.1) is 0 Å². The number of nitrogens with two attached hydrogens (primary N) is 1. The number of nitrogen functional groups attached to an aromatic ring is 1. The third-order valence-electron chi connectivity index (χ3n) is 1.43. The summed E-state index contributed by atoms with van der Waals surface area (Å²) in [7, 11) is 0.485. The van der Waals surface area contributed by atoms with E-state index in [2.05, 4.69) is 4.98 Å². The molecule has 1 rings (SSSR count). The Bertz CT molecular complexity index is 491. The van der Waals surface area contributed by atoms with Crippen LogP contribution in [0, 0.1) is 5.82 Å². The minimum Gasteiger partial charge on any atom is -0.396 e. The topological polar surface area (TPSA) is 73.0 Å². The molecule has 1 aromatic heterocycles. The fourth-order valence-corrected chi connectivity index (χ4v) is 1.77. The molecule has 1 heterocycles. The minimum absolute atomic E-state index is 0.434. The average molecular weight is 261 g/mol. The molecule has 1 aromatic rings. The normalized spacial score (nSPS) is 12.1. The van der Waals surface area contributed by atoms with Crippen molar-refractivity contribution in [2.45, 2.75) is 11.5 Å². The summed E-state index contributed by atoms with van der Waals surface area (Å²) in [6.45, 7) is 0. The first-order valence-corrected chi connectivity index (χ1v) is 5.73. The lowest BCUT2D eigenvalue weighted by Crippen LogP contribution is -2.07. The Morgan fingerprint density at radius 2 is 2.00 bits per heavy atom. The zero-order chi connectivity index (χ0) is 11.8. The van der Waals surface area contributed by atoms with Gasteiger partial charge in [0, 0.05) is 16.7 Å². The van der Waals surface area contributed by atoms with E-state index in [4.69, 9.17) is 16.4 Å². The molecule has 2 N–H and O–H groups in total. The largest absolute Gasteiger partial charge is 0.396 e. The molecular formula is C6H4ClF3N2O2S. The maximum absolute atomic E-state index is 12.8. The molecule has 0 saturated heterocycles. The molecule has 0 aromatic carbocycles. The highest BCUT2D eigenvalue weighted by atomic mass is 35.7. The number of halogens is 4. The van der Waals surface area contributed by atoms with E-state index in [1.165, 1.54) is 0 Å². The van der Waals surface area contributed by atoms with Gasteiger partial charge in [-0.3, -0.25) is 0 Å². The van der Waals surface area contributed by atoms with E-state index in [0.29, 0.717) is 6.07 Å². The van der Waals surface area contributed by atoms with Gasteiger partial charge < -0.3 is 5.73 Å². The van der Waals surface area contributed by atoms with Crippen molar-refractivity contribution in [2.75, 3.05) is 5.73 Å². The molecule has 0 aliphatic rings. The summed E-state index contributed by atoms with van der Waals surface area (Å²) in [4.78, 5) is 2.87. The lowest BCUT2D eigenvalue weighted by atomic mass is 10.3. The van der Waals surface area contributed by atoms with Crippen LogP contribution in [0.5, 0.6) is 0 Å². The number of aromatic nitrogens is 1. The van der Waals surface area contributed by atoms with Gasteiger partial charge in [0.05, 0.1) is 5.69 Å². The second-order valence-corrected chi connectivity index (χ2v) is 4.97. The number of pyridine rings is 1. The van der Waals surface area contributed by atoms with Gasteiger partial charge in [-0.1, -0.05) is 0 Å². The zero-order valence-corrected chi connectivity index (χ0v) is 8.49. The standard InChI is InChI=1S/C6H4ClF3N2O2S/c7-15(13,14)6-3(11)1-2(8)4(12-6)5(9)10/h1,5H,11H2. The van der Waals surface area contributed by atoms with Crippen molar-refractivity contribution in [2.24, 2.45) is 0 Å². The van der Waals surface area contributed by atoms with E-state index >= 15 is 0 Å². The maximum Gasteiger partial charge on any atom is 0.283 e. The minimum atomic E-state index is -4.37. The Balaban J connectivity index is 3.50. The Labute approximate surface area is 87.3 Å². The molecule has 0 atom stereocenters. The Morgan fingerprint density at radius 3 is 2.40 bits per heavy atom. The first-order chi connectivity index (χ1) is 6.73. The predicted molar refractivity (Wildman–Crippen MR) is 46.6 cm³/mol. The van der Waals surface area contributed by atoms with Crippen molar-refractivity contribution < 1.29 is 21.6 Å². The zero-order valence-electron chi connectivity index (χ0n) is 6.92. The molecule has 84 valence electrons. The highest BCUT2D eigenvalue weighted by molar-refractivity contribution is 8.13. The number of alkyl halides is 2. The molecule has 0 aliphatic carbocycles. The molecule has 4 nitrogen and oxygen atoms in total. The van der Waals surface area contributed by atoms with Crippen LogP contribution in [0.4, 0.5) is 18.9 Å². The third-order valence-corrected chi connectivity index (χ3v) is 2.66. The first-order valence-electron chi connectivity index (χ1n) is 3.42. The molecule has 0 radical (unpaired) electrons. The number of hydrogen-bond acceptors (Lipinski definition) is 4. The van der Waals surface area contributed by atoms with Crippen molar-refractivity contribution in [3.05, 3.63) is 17.6 Å². The molecule has 0 spiro atoms. The second kappa shape index (κ2) is 3.86. The smallest absolute Gasteiger partial charge is 0.283 e. The summed E-state index contributed by atoms with van der Waals surface area (Å²) in [5.74, 6) is -1.38. The van der Waals surface area contributed by atoms with E-state index in [-0.39, 0.29) is 0 Å². The van der Waals surface area contributed by atoms with E-state index in [0.717, 1.165) is 0 Å². The van der Waals surface area contributed by atoms with Crippen LogP contribution in [0.15, 0.2) is 11.1 Å². The van der Waals surface area contributed by atoms with Crippen molar-refractivity contribution in [3.8, 4) is 0 Å². The molecule has 0 amide bonds. The quantitative estimate of drug-likeness (QED) is 0.821. The van der Waals surface area contributed by atoms with Crippen molar-refractivity contribution in [3.63, 3.8) is 0 Å². The molecule has 0 aliphatic heterocycles. The van der Waals surface area contributed by atoms with Crippen LogP contribution in [-0.4, -0.2) is 13.4 Å². The molecule has 0 saturated carbocycles. The highest BCUT2D eigenvalue weighted by Gasteiger charge is 2.23. The number of nitrogens with zero attached hydrogens (tertiary/aromatic N) is 1. The Hall–Kier alpha value is -1.02. The van der Waals surface area contributed by atoms with Crippen LogP contribution in [0.2, 0.25) is 0 Å². The Kier molecular flexibility index (Phi) is 3.10. The summed E-state index contributed by atoms with van der Waals surface area (Å²) >= 11 is 0. The molecule has 0 unspecified atom stereocenters. The first kappa shape index (κ1) is 12.1. The van der Waals surface area contributed by atoms with Gasteiger partial charge in [0.1, 0.15) is 5.69 Å². The summed E-state index contributed by atoms with van der Waals surface area (Å²) in [5, 5.41) is -0.971. The number of rotatable bonds is 2. The molecule has 9 heteroatoms. The lowest BCUT2D eigenvalue weighted by Gasteiger charge is -2.05. The molecule has 15 heavy (non-hydrogen) atoms. The van der Waals surface area contributed by atoms with Crippen LogP contribution >= 0.6 is 10.7 Å². The SMILES string of the molecule is Nc1cc(F)c(C(F)F)nc1S(=O)(=O)Cl. The van der Waals surface area contributed by atoms with Crippen molar-refractivity contribution in [1.82, 2.24) is 4.98 Å². The monoisotopic (exact) mass is 260 g/mol. The van der Waals surface area contributed by atoms with Crippen LogP contribution in [-0.2, 0) is 9.05 Å². The van der Waals surface area contributed by atoms with E-state index in [9.17, 15) is 21.6 Å². The predicted octanol–water partition coefficient (Wildman–Crippen LogP) is 1.67. The number of anilines is 1. The summed E-state index contributed by atoms with van der Waals surface area (Å²) in [5.41, 5.74) is 3.14. The third kappa shape index (κ3) is 2.51. The van der Waals surface area contributed by atoms with E-state index < -0.39 is 37.7 Å². The van der Waals surface area contributed by atoms with Crippen LogP contribution in [0.25, 0.3) is 0 Å². The van der Waals surface area contributed by atoms with Gasteiger partial charge in [0.2, 0.25) is 0 Å². The fourth-order valence-electron chi connectivity index (χ4n) is 0.848. The van der Waals surface area contributed by atoms with E-state index in [1.807, 2.05) is 0 Å². The van der Waals surface area contributed by atoms with Crippen LogP contribution in [0.3, 0.4) is 0 Å². The van der Waals surface area contributed by atoms with Gasteiger partial charge in [-0.05, 0) is 0 Å². The van der Waals surface area contributed by atoms with Crippen LogP contribution < -0.4 is 5.73 Å². The van der Waals surface area contributed by atoms with Crippen LogP contribution in [0.1, 0.15) is 12.1 Å². The van der Waals surface area contributed by atoms with Gasteiger partial charge in [0.25, 0.3) is 15.5 Å². The summed E-state index contributed by atoms with van der Waals surface area (Å²) in [6, 6.07) is 0.434. The Morgan fingerprint density at radius 1 is 1.47 bits per heavy atom. The fraction of sp³-hybridized carbons (Fsp3) is 0.167. The molecular weight excluding hydrogens is 257 g/mol. The lowest BCUT2D eigenvalue weighted by molar-refractivity contribution is 0.140. The van der Waals surface area contributed by atoms with E-state index in [1.54, 1.807) is 0 Å².